The van der Waals surface area contributed by atoms with Crippen molar-refractivity contribution in [2.24, 2.45) is 0 Å². The first kappa shape index (κ1) is 18.4. The third-order valence-electron chi connectivity index (χ3n) is 4.14. The van der Waals surface area contributed by atoms with Crippen LogP contribution < -0.4 is 5.32 Å². The zero-order chi connectivity index (χ0) is 18.7. The van der Waals surface area contributed by atoms with Gasteiger partial charge in [-0.25, -0.2) is 9.67 Å². The second kappa shape index (κ2) is 7.89. The highest BCUT2D eigenvalue weighted by Gasteiger charge is 2.15. The number of carbonyl (C=O) groups excluding carboxylic acids is 1. The molecule has 1 aromatic carbocycles. The Kier molecular flexibility index (Phi) is 5.59. The minimum absolute atomic E-state index is 0.245. The van der Waals surface area contributed by atoms with Crippen molar-refractivity contribution in [1.29, 1.82) is 0 Å². The number of hydrogen-bond acceptors (Lipinski definition) is 3. The lowest BCUT2D eigenvalue weighted by Crippen LogP contribution is -2.26. The van der Waals surface area contributed by atoms with Crippen LogP contribution in [-0.2, 0) is 6.42 Å². The van der Waals surface area contributed by atoms with E-state index >= 15 is 0 Å². The number of aryl methyl sites for hydroxylation is 1. The Labute approximate surface area is 162 Å². The number of benzene rings is 1. The molecule has 5 nitrogen and oxygen atoms in total. The maximum absolute atomic E-state index is 12.3. The monoisotopic (exact) mass is 388 g/mol. The van der Waals surface area contributed by atoms with Crippen LogP contribution in [0.15, 0.2) is 42.6 Å². The van der Waals surface area contributed by atoms with Gasteiger partial charge in [0.05, 0.1) is 16.3 Å². The molecule has 0 unspecified atom stereocenters. The zero-order valence-electron chi connectivity index (χ0n) is 14.5. The van der Waals surface area contributed by atoms with Crippen molar-refractivity contribution in [1.82, 2.24) is 20.1 Å². The summed E-state index contributed by atoms with van der Waals surface area (Å²) in [5, 5.41) is 8.30. The second-order valence-electron chi connectivity index (χ2n) is 5.88. The van der Waals surface area contributed by atoms with Crippen LogP contribution in [0.2, 0.25) is 10.0 Å². The number of carbonyl (C=O) groups is 1. The molecule has 134 valence electrons. The number of amides is 1. The van der Waals surface area contributed by atoms with Crippen LogP contribution in [0.3, 0.4) is 0 Å². The molecular formula is C19H18Cl2N4O. The summed E-state index contributed by atoms with van der Waals surface area (Å²) in [7, 11) is 0. The van der Waals surface area contributed by atoms with Crippen LogP contribution in [0.4, 0.5) is 0 Å². The van der Waals surface area contributed by atoms with Crippen molar-refractivity contribution < 1.29 is 4.79 Å². The molecule has 26 heavy (non-hydrogen) atoms. The Morgan fingerprint density at radius 1 is 1.19 bits per heavy atom. The standard InChI is InChI=1S/C19H18Cl2N4O/c1-12-15(13(2)25(24-12)18-5-3-4-9-22-18)8-10-23-19(26)16-11-14(20)6-7-17(16)21/h3-7,9,11H,8,10H2,1-2H3,(H,23,26). The maximum Gasteiger partial charge on any atom is 0.252 e. The molecule has 0 radical (unpaired) electrons. The first-order valence-electron chi connectivity index (χ1n) is 8.17. The molecule has 0 saturated carbocycles. The molecule has 0 aliphatic rings. The Morgan fingerprint density at radius 2 is 2.00 bits per heavy atom. The van der Waals surface area contributed by atoms with Gasteiger partial charge in [-0.15, -0.1) is 0 Å². The Bertz CT molecular complexity index is 938. The minimum Gasteiger partial charge on any atom is -0.352 e. The van der Waals surface area contributed by atoms with Crippen LogP contribution in [0.1, 0.15) is 27.3 Å². The Morgan fingerprint density at radius 3 is 2.73 bits per heavy atom. The van der Waals surface area contributed by atoms with Gasteiger partial charge in [0.25, 0.3) is 5.91 Å². The van der Waals surface area contributed by atoms with Crippen LogP contribution in [0.5, 0.6) is 0 Å². The smallest absolute Gasteiger partial charge is 0.252 e. The fraction of sp³-hybridized carbons (Fsp3) is 0.211. The minimum atomic E-state index is -0.245. The van der Waals surface area contributed by atoms with Gasteiger partial charge >= 0.3 is 0 Å². The van der Waals surface area contributed by atoms with Gasteiger partial charge in [-0.1, -0.05) is 29.3 Å². The maximum atomic E-state index is 12.3. The molecule has 0 fully saturated rings. The zero-order valence-corrected chi connectivity index (χ0v) is 16.0. The van der Waals surface area contributed by atoms with E-state index in [0.717, 1.165) is 22.8 Å². The van der Waals surface area contributed by atoms with E-state index in [9.17, 15) is 4.79 Å². The van der Waals surface area contributed by atoms with Gasteiger partial charge in [0.1, 0.15) is 0 Å². The lowest BCUT2D eigenvalue weighted by molar-refractivity contribution is 0.0954. The molecule has 0 aliphatic heterocycles. The molecule has 1 N–H and O–H groups in total. The third kappa shape index (κ3) is 3.89. The molecule has 0 spiro atoms. The van der Waals surface area contributed by atoms with Crippen molar-refractivity contribution in [3.05, 3.63) is 75.2 Å². The summed E-state index contributed by atoms with van der Waals surface area (Å²) in [5.41, 5.74) is 3.39. The molecule has 0 aliphatic carbocycles. The number of rotatable bonds is 5. The predicted molar refractivity (Wildman–Crippen MR) is 103 cm³/mol. The Balaban J connectivity index is 1.70. The SMILES string of the molecule is Cc1nn(-c2ccccn2)c(C)c1CCNC(=O)c1cc(Cl)ccc1Cl. The van der Waals surface area contributed by atoms with E-state index in [2.05, 4.69) is 15.4 Å². The van der Waals surface area contributed by atoms with Crippen LogP contribution in [0, 0.1) is 13.8 Å². The van der Waals surface area contributed by atoms with Gasteiger partial charge in [0.2, 0.25) is 0 Å². The van der Waals surface area contributed by atoms with E-state index in [1.54, 1.807) is 24.4 Å². The Hall–Kier alpha value is -2.37. The van der Waals surface area contributed by atoms with E-state index in [4.69, 9.17) is 23.2 Å². The first-order chi connectivity index (χ1) is 12.5. The van der Waals surface area contributed by atoms with E-state index in [0.29, 0.717) is 28.6 Å². The quantitative estimate of drug-likeness (QED) is 0.713. The summed E-state index contributed by atoms with van der Waals surface area (Å²) < 4.78 is 1.82. The van der Waals surface area contributed by atoms with E-state index < -0.39 is 0 Å². The van der Waals surface area contributed by atoms with E-state index in [-0.39, 0.29) is 5.91 Å². The van der Waals surface area contributed by atoms with Crippen LogP contribution >= 0.6 is 23.2 Å². The molecule has 3 aromatic rings. The van der Waals surface area contributed by atoms with Crippen molar-refractivity contribution in [3.63, 3.8) is 0 Å². The van der Waals surface area contributed by atoms with Gasteiger partial charge in [0, 0.05) is 23.5 Å². The van der Waals surface area contributed by atoms with Gasteiger partial charge in [0.15, 0.2) is 5.82 Å². The van der Waals surface area contributed by atoms with Gasteiger partial charge < -0.3 is 5.32 Å². The summed E-state index contributed by atoms with van der Waals surface area (Å²) in [6.07, 6.45) is 2.40. The van der Waals surface area contributed by atoms with Gasteiger partial charge in [-0.05, 0) is 56.2 Å². The molecule has 1 amide bonds. The predicted octanol–water partition coefficient (Wildman–Crippen LogP) is 4.16. The summed E-state index contributed by atoms with van der Waals surface area (Å²) in [4.78, 5) is 16.7. The molecular weight excluding hydrogens is 371 g/mol. The highest BCUT2D eigenvalue weighted by atomic mass is 35.5. The number of halogens is 2. The third-order valence-corrected chi connectivity index (χ3v) is 4.71. The van der Waals surface area contributed by atoms with Gasteiger partial charge in [-0.3, -0.25) is 4.79 Å². The number of pyridine rings is 1. The summed E-state index contributed by atoms with van der Waals surface area (Å²) in [5.74, 6) is 0.527. The van der Waals surface area contributed by atoms with Crippen LogP contribution in [0.25, 0.3) is 5.82 Å². The topological polar surface area (TPSA) is 59.8 Å². The van der Waals surface area contributed by atoms with Crippen LogP contribution in [-0.4, -0.2) is 27.2 Å². The molecule has 0 atom stereocenters. The fourth-order valence-corrected chi connectivity index (χ4v) is 3.18. The van der Waals surface area contributed by atoms with Crippen molar-refractivity contribution in [2.45, 2.75) is 20.3 Å². The average molecular weight is 389 g/mol. The molecule has 2 heterocycles. The largest absolute Gasteiger partial charge is 0.352 e. The van der Waals surface area contributed by atoms with Crippen molar-refractivity contribution in [3.8, 4) is 5.82 Å². The number of aromatic nitrogens is 3. The van der Waals surface area contributed by atoms with E-state index in [1.165, 1.54) is 0 Å². The number of hydrogen-bond donors (Lipinski definition) is 1. The fourth-order valence-electron chi connectivity index (χ4n) is 2.81. The molecule has 3 rings (SSSR count). The lowest BCUT2D eigenvalue weighted by atomic mass is 10.1. The van der Waals surface area contributed by atoms with Gasteiger partial charge in [-0.2, -0.15) is 5.10 Å². The molecule has 0 saturated heterocycles. The highest BCUT2D eigenvalue weighted by molar-refractivity contribution is 6.35. The summed E-state index contributed by atoms with van der Waals surface area (Å²) in [6, 6.07) is 10.5. The second-order valence-corrected chi connectivity index (χ2v) is 6.72. The number of nitrogens with zero attached hydrogens (tertiary/aromatic N) is 3. The first-order valence-corrected chi connectivity index (χ1v) is 8.92. The van der Waals surface area contributed by atoms with Crippen molar-refractivity contribution >= 4 is 29.1 Å². The number of nitrogens with one attached hydrogen (secondary N) is 1. The molecule has 0 bridgehead atoms. The lowest BCUT2D eigenvalue weighted by Gasteiger charge is -2.08. The molecule has 7 heteroatoms. The summed E-state index contributed by atoms with van der Waals surface area (Å²) >= 11 is 12.0. The summed E-state index contributed by atoms with van der Waals surface area (Å²) in [6.45, 7) is 4.42. The highest BCUT2D eigenvalue weighted by Crippen LogP contribution is 2.21. The normalized spacial score (nSPS) is 10.8. The molecule has 2 aromatic heterocycles. The van der Waals surface area contributed by atoms with Crippen molar-refractivity contribution in [2.75, 3.05) is 6.54 Å². The van der Waals surface area contributed by atoms with E-state index in [1.807, 2.05) is 36.7 Å². The average Bonchev–Trinajstić information content (AvgIpc) is 2.92.